The molecule has 0 radical (unpaired) electrons. The molecule has 0 amide bonds. The Balaban J connectivity index is 1.50. The van der Waals surface area contributed by atoms with Gasteiger partial charge in [0.05, 0.1) is 14.2 Å². The highest BCUT2D eigenvalue weighted by molar-refractivity contribution is 7.89. The van der Waals surface area contributed by atoms with Crippen molar-refractivity contribution in [3.05, 3.63) is 59.3 Å². The molecule has 0 fully saturated rings. The number of hydrogen-bond donors (Lipinski definition) is 0. The number of nitrogens with zero attached hydrogens (tertiary/aromatic N) is 5. The van der Waals surface area contributed by atoms with Crippen LogP contribution in [0.2, 0.25) is 0 Å². The zero-order valence-electron chi connectivity index (χ0n) is 19.8. The Bertz CT molecular complexity index is 1490. The molecule has 0 saturated heterocycles. The van der Waals surface area contributed by atoms with Gasteiger partial charge in [0.25, 0.3) is 5.89 Å². The highest BCUT2D eigenvalue weighted by Gasteiger charge is 2.35. The molecule has 0 atom stereocenters. The maximum atomic E-state index is 13.6. The Kier molecular flexibility index (Phi) is 5.81. The van der Waals surface area contributed by atoms with Gasteiger partial charge in [-0.15, -0.1) is 10.2 Å². The molecule has 2 aromatic carbocycles. The van der Waals surface area contributed by atoms with E-state index >= 15 is 0 Å². The maximum Gasteiger partial charge on any atom is 0.268 e. The van der Waals surface area contributed by atoms with Crippen LogP contribution >= 0.6 is 0 Å². The van der Waals surface area contributed by atoms with E-state index in [-0.39, 0.29) is 23.1 Å². The summed E-state index contributed by atoms with van der Waals surface area (Å²) in [6.45, 7) is 2.42. The summed E-state index contributed by atoms with van der Waals surface area (Å²) in [7, 11) is 0.870. The highest BCUT2D eigenvalue weighted by Crippen LogP contribution is 2.36. The fourth-order valence-corrected chi connectivity index (χ4v) is 5.78. The van der Waals surface area contributed by atoms with Gasteiger partial charge in [-0.05, 0) is 31.2 Å². The van der Waals surface area contributed by atoms with Crippen LogP contribution in [-0.2, 0) is 30.0 Å². The minimum Gasteiger partial charge on any atom is -0.497 e. The average Bonchev–Trinajstić information content (AvgIpc) is 3.48. The molecule has 0 spiro atoms. The molecule has 2 aromatic heterocycles. The first kappa shape index (κ1) is 23.1. The number of methoxy groups -OCH3 is 2. The third-order valence-electron chi connectivity index (χ3n) is 6.12. The predicted molar refractivity (Wildman–Crippen MR) is 128 cm³/mol. The van der Waals surface area contributed by atoms with Gasteiger partial charge in [-0.1, -0.05) is 17.7 Å². The van der Waals surface area contributed by atoms with Crippen LogP contribution in [0.15, 0.2) is 51.8 Å². The van der Waals surface area contributed by atoms with Gasteiger partial charge in [-0.2, -0.15) is 9.40 Å². The van der Waals surface area contributed by atoms with E-state index < -0.39 is 10.0 Å². The van der Waals surface area contributed by atoms with Crippen molar-refractivity contribution in [2.75, 3.05) is 20.8 Å². The first-order valence-corrected chi connectivity index (χ1v) is 12.4. The number of rotatable bonds is 6. The van der Waals surface area contributed by atoms with Crippen LogP contribution in [-0.4, -0.2) is 53.5 Å². The van der Waals surface area contributed by atoms with Gasteiger partial charge in [0.1, 0.15) is 16.4 Å². The first-order valence-electron chi connectivity index (χ1n) is 11.0. The predicted octanol–water partition coefficient (Wildman–Crippen LogP) is 3.21. The number of aryl methyl sites for hydroxylation is 2. The molecule has 3 heterocycles. The molecule has 35 heavy (non-hydrogen) atoms. The van der Waals surface area contributed by atoms with Gasteiger partial charge in [-0.25, -0.2) is 8.42 Å². The lowest BCUT2D eigenvalue weighted by Gasteiger charge is -2.27. The van der Waals surface area contributed by atoms with Crippen molar-refractivity contribution in [2.45, 2.75) is 24.8 Å². The SMILES string of the molecule is COc1ccc(OC)c(S(=O)(=O)N2CCc3c(c(-c4nnc(-c5ccc(C)cc5)o4)nn3C)C2)c1. The summed E-state index contributed by atoms with van der Waals surface area (Å²) in [4.78, 5) is 0.0488. The highest BCUT2D eigenvalue weighted by atomic mass is 32.2. The van der Waals surface area contributed by atoms with Crippen molar-refractivity contribution in [1.82, 2.24) is 24.3 Å². The number of hydrogen-bond acceptors (Lipinski definition) is 8. The lowest BCUT2D eigenvalue weighted by molar-refractivity contribution is 0.371. The molecule has 5 rings (SSSR count). The summed E-state index contributed by atoms with van der Waals surface area (Å²) in [6, 6.07) is 12.5. The second kappa shape index (κ2) is 8.82. The number of aromatic nitrogens is 4. The summed E-state index contributed by atoms with van der Waals surface area (Å²) in [5.74, 6) is 1.30. The molecule has 4 aromatic rings. The second-order valence-corrected chi connectivity index (χ2v) is 10.2. The van der Waals surface area contributed by atoms with E-state index in [1.165, 1.54) is 24.6 Å². The van der Waals surface area contributed by atoms with Crippen molar-refractivity contribution in [3.8, 4) is 34.5 Å². The van der Waals surface area contributed by atoms with Crippen LogP contribution in [0.4, 0.5) is 0 Å². The van der Waals surface area contributed by atoms with Crippen LogP contribution < -0.4 is 9.47 Å². The zero-order chi connectivity index (χ0) is 24.7. The second-order valence-electron chi connectivity index (χ2n) is 8.28. The van der Waals surface area contributed by atoms with Crippen LogP contribution in [0.25, 0.3) is 23.0 Å². The molecule has 182 valence electrons. The maximum absolute atomic E-state index is 13.6. The number of benzene rings is 2. The smallest absolute Gasteiger partial charge is 0.268 e. The van der Waals surface area contributed by atoms with Gasteiger partial charge in [0.15, 0.2) is 5.69 Å². The van der Waals surface area contributed by atoms with E-state index in [2.05, 4.69) is 15.3 Å². The molecular formula is C24H25N5O5S. The van der Waals surface area contributed by atoms with E-state index in [1.807, 2.05) is 38.2 Å². The van der Waals surface area contributed by atoms with E-state index in [9.17, 15) is 8.42 Å². The molecule has 0 aliphatic carbocycles. The molecule has 0 saturated carbocycles. The van der Waals surface area contributed by atoms with Crippen molar-refractivity contribution < 1.29 is 22.3 Å². The monoisotopic (exact) mass is 495 g/mol. The molecule has 10 nitrogen and oxygen atoms in total. The third-order valence-corrected chi connectivity index (χ3v) is 7.99. The fourth-order valence-electron chi connectivity index (χ4n) is 4.20. The summed E-state index contributed by atoms with van der Waals surface area (Å²) < 4.78 is 46.9. The van der Waals surface area contributed by atoms with Crippen LogP contribution in [0, 0.1) is 6.92 Å². The average molecular weight is 496 g/mol. The van der Waals surface area contributed by atoms with Gasteiger partial charge in [0.2, 0.25) is 15.9 Å². The summed E-state index contributed by atoms with van der Waals surface area (Å²) in [5, 5.41) is 13.0. The van der Waals surface area contributed by atoms with Crippen LogP contribution in [0.3, 0.4) is 0 Å². The Morgan fingerprint density at radius 3 is 2.46 bits per heavy atom. The van der Waals surface area contributed by atoms with Crippen molar-refractivity contribution in [2.24, 2.45) is 7.05 Å². The van der Waals surface area contributed by atoms with Crippen molar-refractivity contribution >= 4 is 10.0 Å². The summed E-state index contributed by atoms with van der Waals surface area (Å²) in [5.41, 5.74) is 4.07. The molecule has 0 unspecified atom stereocenters. The van der Waals surface area contributed by atoms with Crippen molar-refractivity contribution in [1.29, 1.82) is 0 Å². The molecule has 11 heteroatoms. The molecule has 0 N–H and O–H groups in total. The van der Waals surface area contributed by atoms with Crippen LogP contribution in [0.1, 0.15) is 16.8 Å². The Hall–Kier alpha value is -3.70. The number of fused-ring (bicyclic) bond motifs is 1. The normalized spacial score (nSPS) is 14.1. The standard InChI is InChI=1S/C24H25N5O5S/c1-15-5-7-16(8-6-15)23-25-26-24(34-23)22-18-14-29(12-11-19(18)28(2)27-22)35(30,31)21-13-17(32-3)9-10-20(21)33-4/h5-10,13H,11-12,14H2,1-4H3. The molecule has 1 aliphatic rings. The van der Waals surface area contributed by atoms with Crippen molar-refractivity contribution in [3.63, 3.8) is 0 Å². The lowest BCUT2D eigenvalue weighted by Crippen LogP contribution is -2.36. The Morgan fingerprint density at radius 2 is 1.74 bits per heavy atom. The van der Waals surface area contributed by atoms with Gasteiger partial charge in [0, 0.05) is 49.4 Å². The van der Waals surface area contributed by atoms with Crippen LogP contribution in [0.5, 0.6) is 11.5 Å². The first-order chi connectivity index (χ1) is 16.8. The fraction of sp³-hybridized carbons (Fsp3) is 0.292. The summed E-state index contributed by atoms with van der Waals surface area (Å²) >= 11 is 0. The topological polar surface area (TPSA) is 113 Å². The third kappa shape index (κ3) is 4.06. The molecular weight excluding hydrogens is 470 g/mol. The molecule has 1 aliphatic heterocycles. The molecule has 0 bridgehead atoms. The van der Waals surface area contributed by atoms with E-state index in [0.717, 1.165) is 22.4 Å². The summed E-state index contributed by atoms with van der Waals surface area (Å²) in [6.07, 6.45) is 0.489. The van der Waals surface area contributed by atoms with E-state index in [0.29, 0.717) is 30.3 Å². The van der Waals surface area contributed by atoms with Gasteiger partial charge < -0.3 is 13.9 Å². The number of sulfonamides is 1. The lowest BCUT2D eigenvalue weighted by atomic mass is 10.1. The number of ether oxygens (including phenoxy) is 2. The van der Waals surface area contributed by atoms with Gasteiger partial charge >= 0.3 is 0 Å². The minimum absolute atomic E-state index is 0.0488. The van der Waals surface area contributed by atoms with E-state index in [4.69, 9.17) is 13.9 Å². The minimum atomic E-state index is -3.89. The van der Waals surface area contributed by atoms with E-state index in [1.54, 1.807) is 16.8 Å². The quantitative estimate of drug-likeness (QED) is 0.401. The Labute approximate surface area is 203 Å². The largest absolute Gasteiger partial charge is 0.497 e. The Morgan fingerprint density at radius 1 is 1.00 bits per heavy atom. The zero-order valence-corrected chi connectivity index (χ0v) is 20.7. The van der Waals surface area contributed by atoms with Gasteiger partial charge in [-0.3, -0.25) is 4.68 Å².